The van der Waals surface area contributed by atoms with Gasteiger partial charge in [0.1, 0.15) is 29.5 Å². The Morgan fingerprint density at radius 1 is 0.968 bits per heavy atom. The third kappa shape index (κ3) is 4.61. The Morgan fingerprint density at radius 3 is 2.42 bits per heavy atom. The molecule has 2 aliphatic rings. The second-order valence-electron chi connectivity index (χ2n) is 8.23. The molecule has 8 heteroatoms. The highest BCUT2D eigenvalue weighted by Crippen LogP contribution is 2.37. The summed E-state index contributed by atoms with van der Waals surface area (Å²) in [6, 6.07) is 6.63. The topological polar surface area (TPSA) is 99.4 Å². The number of rotatable bonds is 6. The van der Waals surface area contributed by atoms with Gasteiger partial charge in [-0.25, -0.2) is 8.78 Å². The number of halogens is 2. The number of phenols is 1. The fourth-order valence-electron chi connectivity index (χ4n) is 4.30. The molecule has 2 aliphatic heterocycles. The Kier molecular flexibility index (Phi) is 6.31. The van der Waals surface area contributed by atoms with E-state index in [0.29, 0.717) is 54.7 Å². The predicted octanol–water partition coefficient (Wildman–Crippen LogP) is 3.14. The van der Waals surface area contributed by atoms with Gasteiger partial charge in [-0.2, -0.15) is 0 Å². The van der Waals surface area contributed by atoms with Crippen LogP contribution in [-0.4, -0.2) is 44.8 Å². The highest BCUT2D eigenvalue weighted by atomic mass is 19.1. The lowest BCUT2D eigenvalue weighted by atomic mass is 9.92. The summed E-state index contributed by atoms with van der Waals surface area (Å²) in [5, 5.41) is 40.7. The lowest BCUT2D eigenvalue weighted by molar-refractivity contribution is -0.0231. The number of aliphatic hydroxyl groups is 3. The number of fused-ring (bicyclic) bond motifs is 2. The third-order valence-electron chi connectivity index (χ3n) is 6.06. The van der Waals surface area contributed by atoms with E-state index in [9.17, 15) is 29.2 Å². The SMILES string of the molecule is Oc1ccc2c(c1F)CC[C@@H]([C@@H](O)CCC[C@H](O)[C@H]1C[C@H](O)c3cc(F)ccc3O1)O2. The second kappa shape index (κ2) is 8.98. The van der Waals surface area contributed by atoms with E-state index in [1.54, 1.807) is 0 Å². The third-order valence-corrected chi connectivity index (χ3v) is 6.06. The van der Waals surface area contributed by atoms with E-state index in [0.717, 1.165) is 0 Å². The van der Waals surface area contributed by atoms with Crippen molar-refractivity contribution >= 4 is 0 Å². The quantitative estimate of drug-likeness (QED) is 0.555. The molecule has 2 heterocycles. The molecule has 4 rings (SSSR count). The highest BCUT2D eigenvalue weighted by Gasteiger charge is 2.33. The molecule has 4 N–H and O–H groups in total. The van der Waals surface area contributed by atoms with E-state index >= 15 is 0 Å². The van der Waals surface area contributed by atoms with Gasteiger partial charge in [-0.05, 0) is 62.4 Å². The summed E-state index contributed by atoms with van der Waals surface area (Å²) >= 11 is 0. The van der Waals surface area contributed by atoms with Crippen LogP contribution in [0.3, 0.4) is 0 Å². The van der Waals surface area contributed by atoms with E-state index in [4.69, 9.17) is 9.47 Å². The second-order valence-corrected chi connectivity index (χ2v) is 8.23. The molecule has 6 nitrogen and oxygen atoms in total. The van der Waals surface area contributed by atoms with Crippen molar-refractivity contribution in [3.8, 4) is 17.2 Å². The number of benzene rings is 2. The van der Waals surface area contributed by atoms with Crippen LogP contribution in [0.2, 0.25) is 0 Å². The zero-order valence-corrected chi connectivity index (χ0v) is 16.9. The van der Waals surface area contributed by atoms with Crippen LogP contribution in [0.15, 0.2) is 30.3 Å². The van der Waals surface area contributed by atoms with Gasteiger partial charge in [-0.3, -0.25) is 0 Å². The predicted molar refractivity (Wildman–Crippen MR) is 107 cm³/mol. The lowest BCUT2D eigenvalue weighted by Crippen LogP contribution is -2.37. The summed E-state index contributed by atoms with van der Waals surface area (Å²) in [4.78, 5) is 0. The molecule has 0 radical (unpaired) electrons. The normalized spacial score (nSPS) is 24.4. The van der Waals surface area contributed by atoms with Crippen molar-refractivity contribution in [2.75, 3.05) is 0 Å². The monoisotopic (exact) mass is 436 g/mol. The standard InChI is InChI=1S/C23H26F2O6/c24-12-4-7-20-14(10-12)18(29)11-22(31-20)16(27)3-1-2-15(26)21-8-5-13-19(30-21)9-6-17(28)23(13)25/h4,6-7,9-10,15-16,18,21-22,26-29H,1-3,5,8,11H2/t15-,16-,18-,21-,22+/m0/s1. The average molecular weight is 436 g/mol. The molecule has 168 valence electrons. The van der Waals surface area contributed by atoms with Crippen LogP contribution in [0.4, 0.5) is 8.78 Å². The Hall–Kier alpha value is -2.42. The smallest absolute Gasteiger partial charge is 0.171 e. The van der Waals surface area contributed by atoms with Crippen molar-refractivity contribution in [1.82, 2.24) is 0 Å². The molecular formula is C23H26F2O6. The number of aliphatic hydroxyl groups excluding tert-OH is 3. The molecule has 0 bridgehead atoms. The van der Waals surface area contributed by atoms with Gasteiger partial charge in [0.25, 0.3) is 0 Å². The molecule has 0 amide bonds. The molecule has 0 fully saturated rings. The van der Waals surface area contributed by atoms with E-state index in [-0.39, 0.29) is 6.42 Å². The molecule has 0 saturated carbocycles. The summed E-state index contributed by atoms with van der Waals surface area (Å²) in [6.07, 6.45) is -1.56. The van der Waals surface area contributed by atoms with Crippen molar-refractivity contribution in [2.45, 2.75) is 69.0 Å². The minimum Gasteiger partial charge on any atom is -0.505 e. The molecule has 0 aliphatic carbocycles. The maximum Gasteiger partial charge on any atom is 0.171 e. The molecule has 2 aromatic rings. The molecular weight excluding hydrogens is 410 g/mol. The first-order valence-corrected chi connectivity index (χ1v) is 10.5. The first-order chi connectivity index (χ1) is 14.8. The molecule has 2 aromatic carbocycles. The van der Waals surface area contributed by atoms with Gasteiger partial charge in [0.2, 0.25) is 0 Å². The maximum absolute atomic E-state index is 14.0. The number of hydrogen-bond acceptors (Lipinski definition) is 6. The minimum absolute atomic E-state index is 0.154. The zero-order valence-electron chi connectivity index (χ0n) is 16.9. The van der Waals surface area contributed by atoms with Crippen molar-refractivity contribution in [1.29, 1.82) is 0 Å². The van der Waals surface area contributed by atoms with Crippen LogP contribution in [0.1, 0.15) is 49.3 Å². The fourth-order valence-corrected chi connectivity index (χ4v) is 4.30. The summed E-state index contributed by atoms with van der Waals surface area (Å²) < 4.78 is 38.8. The van der Waals surface area contributed by atoms with E-state index in [2.05, 4.69) is 0 Å². The molecule has 0 unspecified atom stereocenters. The summed E-state index contributed by atoms with van der Waals surface area (Å²) in [7, 11) is 0. The van der Waals surface area contributed by atoms with Crippen molar-refractivity contribution in [2.24, 2.45) is 0 Å². The van der Waals surface area contributed by atoms with Crippen molar-refractivity contribution in [3.63, 3.8) is 0 Å². The van der Waals surface area contributed by atoms with E-state index in [1.165, 1.54) is 30.3 Å². The largest absolute Gasteiger partial charge is 0.505 e. The maximum atomic E-state index is 14.0. The van der Waals surface area contributed by atoms with Crippen molar-refractivity contribution < 1.29 is 38.7 Å². The van der Waals surface area contributed by atoms with Crippen LogP contribution in [-0.2, 0) is 6.42 Å². The number of phenolic OH excluding ortho intramolecular Hbond substituents is 1. The molecule has 0 saturated heterocycles. The van der Waals surface area contributed by atoms with E-state index < -0.39 is 47.9 Å². The molecule has 5 atom stereocenters. The first-order valence-electron chi connectivity index (χ1n) is 10.5. The summed E-state index contributed by atoms with van der Waals surface area (Å²) in [5.74, 6) is -0.880. The zero-order chi connectivity index (χ0) is 22.1. The van der Waals surface area contributed by atoms with Crippen LogP contribution >= 0.6 is 0 Å². The summed E-state index contributed by atoms with van der Waals surface area (Å²) in [6.45, 7) is 0. The average Bonchev–Trinajstić information content (AvgIpc) is 2.76. The number of ether oxygens (including phenoxy) is 2. The lowest BCUT2D eigenvalue weighted by Gasteiger charge is -2.33. The number of hydrogen-bond donors (Lipinski definition) is 4. The molecule has 0 aromatic heterocycles. The van der Waals surface area contributed by atoms with Crippen LogP contribution in [0.25, 0.3) is 0 Å². The Balaban J connectivity index is 1.27. The minimum atomic E-state index is -0.916. The Labute approximate surface area is 178 Å². The highest BCUT2D eigenvalue weighted by molar-refractivity contribution is 5.43. The van der Waals surface area contributed by atoms with Gasteiger partial charge in [0, 0.05) is 17.5 Å². The first kappa shape index (κ1) is 21.8. The van der Waals surface area contributed by atoms with Gasteiger partial charge >= 0.3 is 0 Å². The summed E-state index contributed by atoms with van der Waals surface area (Å²) in [5.41, 5.74) is 0.686. The van der Waals surface area contributed by atoms with E-state index in [1.807, 2.05) is 0 Å². The fraction of sp³-hybridized carbons (Fsp3) is 0.478. The molecule has 0 spiro atoms. The Morgan fingerprint density at radius 2 is 1.65 bits per heavy atom. The van der Waals surface area contributed by atoms with Gasteiger partial charge < -0.3 is 29.9 Å². The van der Waals surface area contributed by atoms with Crippen LogP contribution in [0, 0.1) is 11.6 Å². The van der Waals surface area contributed by atoms with Crippen molar-refractivity contribution in [3.05, 3.63) is 53.1 Å². The van der Waals surface area contributed by atoms with Gasteiger partial charge in [0.15, 0.2) is 11.6 Å². The van der Waals surface area contributed by atoms with Gasteiger partial charge in [0.05, 0.1) is 18.3 Å². The van der Waals surface area contributed by atoms with Crippen LogP contribution < -0.4 is 9.47 Å². The number of aromatic hydroxyl groups is 1. The van der Waals surface area contributed by atoms with Gasteiger partial charge in [-0.15, -0.1) is 0 Å². The van der Waals surface area contributed by atoms with Crippen LogP contribution in [0.5, 0.6) is 17.2 Å². The molecule has 31 heavy (non-hydrogen) atoms. The Bertz CT molecular complexity index is 937. The van der Waals surface area contributed by atoms with Gasteiger partial charge in [-0.1, -0.05) is 0 Å².